The number of hydrogen-bond acceptors (Lipinski definition) is 4. The zero-order valence-electron chi connectivity index (χ0n) is 12.5. The molecule has 5 nitrogen and oxygen atoms in total. The molecule has 2 amide bonds. The van der Waals surface area contributed by atoms with Crippen LogP contribution in [0.25, 0.3) is 0 Å². The van der Waals surface area contributed by atoms with Gasteiger partial charge in [-0.25, -0.2) is 0 Å². The first-order valence-corrected chi connectivity index (χ1v) is 8.29. The van der Waals surface area contributed by atoms with Gasteiger partial charge >= 0.3 is 0 Å². The summed E-state index contributed by atoms with van der Waals surface area (Å²) in [6.07, 6.45) is 1.62. The monoisotopic (exact) mass is 350 g/mol. The molecule has 1 aromatic carbocycles. The molecular weight excluding hydrogens is 336 g/mol. The van der Waals surface area contributed by atoms with Crippen LogP contribution < -0.4 is 15.4 Å². The number of nitrogens with two attached hydrogens (primary N) is 1. The van der Waals surface area contributed by atoms with E-state index in [1.165, 1.54) is 0 Å². The Morgan fingerprint density at radius 1 is 1.26 bits per heavy atom. The van der Waals surface area contributed by atoms with Crippen LogP contribution >= 0.6 is 22.9 Å². The van der Waals surface area contributed by atoms with Crippen molar-refractivity contribution in [1.82, 2.24) is 0 Å². The van der Waals surface area contributed by atoms with Crippen molar-refractivity contribution in [3.63, 3.8) is 0 Å². The molecule has 23 heavy (non-hydrogen) atoms. The maximum absolute atomic E-state index is 12.9. The summed E-state index contributed by atoms with van der Waals surface area (Å²) in [5.41, 5.74) is 6.88. The van der Waals surface area contributed by atoms with Gasteiger partial charge in [0.05, 0.1) is 22.6 Å². The molecule has 0 radical (unpaired) electrons. The number of amides is 2. The number of halogens is 1. The van der Waals surface area contributed by atoms with Crippen molar-refractivity contribution in [3.8, 4) is 5.75 Å². The molecule has 3 rings (SSSR count). The van der Waals surface area contributed by atoms with Gasteiger partial charge < -0.3 is 15.4 Å². The lowest BCUT2D eigenvalue weighted by Crippen LogP contribution is -2.35. The quantitative estimate of drug-likeness (QED) is 0.924. The van der Waals surface area contributed by atoms with Crippen LogP contribution in [0.3, 0.4) is 0 Å². The van der Waals surface area contributed by atoms with Crippen molar-refractivity contribution in [3.05, 3.63) is 44.6 Å². The Kier molecular flexibility index (Phi) is 4.28. The number of hydrogen-bond donors (Lipinski definition) is 1. The number of carbonyl (C=O) groups is 2. The molecule has 1 aliphatic heterocycles. The van der Waals surface area contributed by atoms with Gasteiger partial charge in [0.1, 0.15) is 5.75 Å². The van der Waals surface area contributed by atoms with Crippen molar-refractivity contribution in [2.75, 3.05) is 18.6 Å². The van der Waals surface area contributed by atoms with Gasteiger partial charge in [0.25, 0.3) is 11.8 Å². The third-order valence-corrected chi connectivity index (χ3v) is 5.23. The zero-order valence-corrected chi connectivity index (χ0v) is 14.0. The smallest absolute Gasteiger partial charge is 0.268 e. The minimum absolute atomic E-state index is 0.177. The highest BCUT2D eigenvalue weighted by Crippen LogP contribution is 2.41. The van der Waals surface area contributed by atoms with Gasteiger partial charge in [-0.2, -0.15) is 0 Å². The molecule has 0 saturated heterocycles. The van der Waals surface area contributed by atoms with Gasteiger partial charge in [-0.3, -0.25) is 9.59 Å². The topological polar surface area (TPSA) is 72.6 Å². The standard InChI is InChI=1S/C16H15ClN2O3S/c1-22-11-5-4-10(17)9-3-2-8-19(14(9)11)16(21)13-7-6-12(23-13)15(18)20/h4-7H,2-3,8H2,1H3,(H2,18,20). The predicted molar refractivity (Wildman–Crippen MR) is 90.8 cm³/mol. The summed E-state index contributed by atoms with van der Waals surface area (Å²) in [7, 11) is 1.57. The van der Waals surface area contributed by atoms with E-state index in [9.17, 15) is 9.59 Å². The molecule has 2 aromatic rings. The minimum Gasteiger partial charge on any atom is -0.495 e. The number of carbonyl (C=O) groups excluding carboxylic acids is 2. The van der Waals surface area contributed by atoms with Gasteiger partial charge in [-0.1, -0.05) is 11.6 Å². The van der Waals surface area contributed by atoms with Gasteiger partial charge in [0.2, 0.25) is 0 Å². The van der Waals surface area contributed by atoms with Crippen molar-refractivity contribution in [1.29, 1.82) is 0 Å². The van der Waals surface area contributed by atoms with Crippen molar-refractivity contribution >= 4 is 40.4 Å². The number of ether oxygens (including phenoxy) is 1. The molecule has 120 valence electrons. The molecule has 1 aromatic heterocycles. The molecule has 2 N–H and O–H groups in total. The third-order valence-electron chi connectivity index (χ3n) is 3.79. The van der Waals surface area contributed by atoms with Crippen molar-refractivity contribution in [2.45, 2.75) is 12.8 Å². The summed E-state index contributed by atoms with van der Waals surface area (Å²) in [4.78, 5) is 26.6. The fourth-order valence-electron chi connectivity index (χ4n) is 2.74. The Morgan fingerprint density at radius 2 is 2.00 bits per heavy atom. The number of methoxy groups -OCH3 is 1. The number of rotatable bonds is 3. The van der Waals surface area contributed by atoms with E-state index in [0.29, 0.717) is 32.8 Å². The number of thiophene rings is 1. The van der Waals surface area contributed by atoms with Gasteiger partial charge in [0, 0.05) is 11.6 Å². The van der Waals surface area contributed by atoms with E-state index in [-0.39, 0.29) is 5.91 Å². The second-order valence-electron chi connectivity index (χ2n) is 5.17. The van der Waals surface area contributed by atoms with E-state index >= 15 is 0 Å². The summed E-state index contributed by atoms with van der Waals surface area (Å²) < 4.78 is 5.40. The Balaban J connectivity index is 2.03. The van der Waals surface area contributed by atoms with E-state index in [4.69, 9.17) is 22.1 Å². The second-order valence-corrected chi connectivity index (χ2v) is 6.66. The third kappa shape index (κ3) is 2.80. The molecule has 2 heterocycles. The highest BCUT2D eigenvalue weighted by Gasteiger charge is 2.29. The van der Waals surface area contributed by atoms with E-state index < -0.39 is 5.91 Å². The average molecular weight is 351 g/mol. The van der Waals surface area contributed by atoms with Gasteiger partial charge in [-0.15, -0.1) is 11.3 Å². The minimum atomic E-state index is -0.534. The lowest BCUT2D eigenvalue weighted by molar-refractivity contribution is 0.0985. The predicted octanol–water partition coefficient (Wildman–Crippen LogP) is 3.10. The van der Waals surface area contributed by atoms with E-state index in [2.05, 4.69) is 0 Å². The average Bonchev–Trinajstić information content (AvgIpc) is 3.04. The van der Waals surface area contributed by atoms with Crippen LogP contribution in [-0.2, 0) is 6.42 Å². The normalized spacial score (nSPS) is 13.6. The number of fused-ring (bicyclic) bond motifs is 1. The summed E-state index contributed by atoms with van der Waals surface area (Å²) >= 11 is 7.38. The van der Waals surface area contributed by atoms with E-state index in [0.717, 1.165) is 29.7 Å². The highest BCUT2D eigenvalue weighted by atomic mass is 35.5. The van der Waals surface area contributed by atoms with E-state index in [1.54, 1.807) is 36.3 Å². The van der Waals surface area contributed by atoms with Crippen LogP contribution in [0.1, 0.15) is 31.3 Å². The van der Waals surface area contributed by atoms with Crippen LogP contribution in [0, 0.1) is 0 Å². The van der Waals surface area contributed by atoms with Gasteiger partial charge in [-0.05, 0) is 42.7 Å². The second kappa shape index (κ2) is 6.22. The molecule has 0 saturated carbocycles. The summed E-state index contributed by atoms with van der Waals surface area (Å²) in [6.45, 7) is 0.576. The van der Waals surface area contributed by atoms with Crippen molar-refractivity contribution < 1.29 is 14.3 Å². The first-order valence-electron chi connectivity index (χ1n) is 7.09. The Bertz CT molecular complexity index is 788. The molecule has 0 fully saturated rings. The SMILES string of the molecule is COc1ccc(Cl)c2c1N(C(=O)c1ccc(C(N)=O)s1)CCC2. The van der Waals surface area contributed by atoms with E-state index in [1.807, 2.05) is 0 Å². The lowest BCUT2D eigenvalue weighted by Gasteiger charge is -2.31. The van der Waals surface area contributed by atoms with Gasteiger partial charge in [0.15, 0.2) is 0 Å². The maximum atomic E-state index is 12.9. The summed E-state index contributed by atoms with van der Waals surface area (Å²) in [5, 5.41) is 0.627. The number of primary amides is 1. The molecule has 0 aliphatic carbocycles. The van der Waals surface area contributed by atoms with Crippen LogP contribution in [-0.4, -0.2) is 25.5 Å². The van der Waals surface area contributed by atoms with Crippen LogP contribution in [0.2, 0.25) is 5.02 Å². The maximum Gasteiger partial charge on any atom is 0.268 e. The molecule has 1 aliphatic rings. The van der Waals surface area contributed by atoms with Crippen LogP contribution in [0.15, 0.2) is 24.3 Å². The fourth-order valence-corrected chi connectivity index (χ4v) is 3.79. The van der Waals surface area contributed by atoms with Crippen LogP contribution in [0.5, 0.6) is 5.75 Å². The Hall–Kier alpha value is -2.05. The summed E-state index contributed by atoms with van der Waals surface area (Å²) in [5.74, 6) is -0.0955. The Labute approximate surface area is 142 Å². The molecule has 0 spiro atoms. The highest BCUT2D eigenvalue weighted by molar-refractivity contribution is 7.16. The fraction of sp³-hybridized carbons (Fsp3) is 0.250. The Morgan fingerprint density at radius 3 is 2.65 bits per heavy atom. The molecule has 7 heteroatoms. The molecule has 0 bridgehead atoms. The zero-order chi connectivity index (χ0) is 16.6. The molecule has 0 atom stereocenters. The molecular formula is C16H15ClN2O3S. The molecule has 0 unspecified atom stereocenters. The number of anilines is 1. The van der Waals surface area contributed by atoms with Crippen molar-refractivity contribution in [2.24, 2.45) is 5.73 Å². The lowest BCUT2D eigenvalue weighted by atomic mass is 10.0. The van der Waals surface area contributed by atoms with Crippen LogP contribution in [0.4, 0.5) is 5.69 Å². The largest absolute Gasteiger partial charge is 0.495 e. The first-order chi connectivity index (χ1) is 11.0. The number of nitrogens with zero attached hydrogens (tertiary/aromatic N) is 1. The number of benzene rings is 1. The first kappa shape index (κ1) is 15.8. The summed E-state index contributed by atoms with van der Waals surface area (Å²) in [6, 6.07) is 6.73.